The van der Waals surface area contributed by atoms with Gasteiger partial charge in [0.15, 0.2) is 0 Å². The van der Waals surface area contributed by atoms with Crippen molar-refractivity contribution in [1.82, 2.24) is 5.32 Å². The first-order valence-electron chi connectivity index (χ1n) is 28.7. The number of aliphatic hydroxyl groups excluding tert-OH is 7. The van der Waals surface area contributed by atoms with Gasteiger partial charge in [0.05, 0.1) is 31.3 Å². The van der Waals surface area contributed by atoms with Crippen LogP contribution in [0.1, 0.15) is 271 Å². The molecular formula is C55H108NO12P. The SMILES string of the molecule is CCCCCCCCCCC/C=C\CCCCCCCC(O)CC(=O)NC(COP(=O)(O)OC1C(O)C(O)C(O)C(O)C1O)C(O)CCCCCCCCCCCCCCCCCCCCCCC. The Hall–Kier alpha value is -0.960. The molecule has 1 amide bonds. The van der Waals surface area contributed by atoms with Crippen LogP contribution < -0.4 is 5.32 Å². The van der Waals surface area contributed by atoms with Gasteiger partial charge in [-0.25, -0.2) is 4.57 Å². The molecule has 0 aliphatic heterocycles. The first-order chi connectivity index (χ1) is 33.3. The van der Waals surface area contributed by atoms with Crippen LogP contribution in [0.15, 0.2) is 12.2 Å². The highest BCUT2D eigenvalue weighted by atomic mass is 31.2. The van der Waals surface area contributed by atoms with Crippen molar-refractivity contribution in [2.24, 2.45) is 0 Å². The highest BCUT2D eigenvalue weighted by molar-refractivity contribution is 7.47. The molecule has 0 aromatic carbocycles. The van der Waals surface area contributed by atoms with Gasteiger partial charge in [-0.3, -0.25) is 13.8 Å². The molecule has 0 radical (unpaired) electrons. The molecule has 8 unspecified atom stereocenters. The van der Waals surface area contributed by atoms with Crippen LogP contribution in [0, 0.1) is 0 Å². The molecule has 0 aromatic heterocycles. The Bertz CT molecular complexity index is 1230. The number of phosphoric ester groups is 1. The Labute approximate surface area is 421 Å². The fraction of sp³-hybridized carbons (Fsp3) is 0.945. The number of rotatable bonds is 49. The quantitative estimate of drug-likeness (QED) is 0.0158. The molecule has 1 fully saturated rings. The van der Waals surface area contributed by atoms with Crippen LogP contribution >= 0.6 is 7.82 Å². The zero-order valence-corrected chi connectivity index (χ0v) is 44.9. The molecule has 69 heavy (non-hydrogen) atoms. The summed E-state index contributed by atoms with van der Waals surface area (Å²) < 4.78 is 23.1. The van der Waals surface area contributed by atoms with Crippen LogP contribution in [0.2, 0.25) is 0 Å². The molecule has 1 aliphatic rings. The fourth-order valence-electron chi connectivity index (χ4n) is 9.48. The second kappa shape index (κ2) is 44.5. The maximum atomic E-state index is 13.1. The number of carbonyl (C=O) groups is 1. The topological polar surface area (TPSA) is 226 Å². The van der Waals surface area contributed by atoms with Crippen molar-refractivity contribution >= 4 is 13.7 Å². The van der Waals surface area contributed by atoms with Crippen LogP contribution in [0.25, 0.3) is 0 Å². The molecule has 1 saturated carbocycles. The van der Waals surface area contributed by atoms with E-state index in [4.69, 9.17) is 9.05 Å². The number of allylic oxidation sites excluding steroid dienone is 2. The third-order valence-electron chi connectivity index (χ3n) is 14.1. The number of aliphatic hydroxyl groups is 7. The summed E-state index contributed by atoms with van der Waals surface area (Å²) >= 11 is 0. The van der Waals surface area contributed by atoms with Crippen molar-refractivity contribution in [1.29, 1.82) is 0 Å². The van der Waals surface area contributed by atoms with E-state index in [0.29, 0.717) is 12.8 Å². The van der Waals surface area contributed by atoms with E-state index in [-0.39, 0.29) is 12.8 Å². The molecule has 0 aromatic rings. The lowest BCUT2D eigenvalue weighted by Crippen LogP contribution is -2.64. The molecule has 410 valence electrons. The zero-order valence-electron chi connectivity index (χ0n) is 44.0. The second-order valence-electron chi connectivity index (χ2n) is 20.7. The van der Waals surface area contributed by atoms with Gasteiger partial charge in [-0.1, -0.05) is 238 Å². The number of nitrogens with one attached hydrogen (secondary N) is 1. The van der Waals surface area contributed by atoms with E-state index in [1.54, 1.807) is 0 Å². The third kappa shape index (κ3) is 35.8. The number of unbranched alkanes of at least 4 members (excludes halogenated alkanes) is 34. The Morgan fingerprint density at radius 2 is 0.812 bits per heavy atom. The lowest BCUT2D eigenvalue weighted by atomic mass is 9.85. The number of phosphoric acid groups is 1. The summed E-state index contributed by atoms with van der Waals surface area (Å²) in [5.74, 6) is -0.560. The molecule has 9 N–H and O–H groups in total. The number of hydrogen-bond donors (Lipinski definition) is 9. The molecule has 0 spiro atoms. The van der Waals surface area contributed by atoms with Gasteiger partial charge in [0.1, 0.15) is 36.6 Å². The maximum Gasteiger partial charge on any atom is 0.472 e. The molecule has 13 nitrogen and oxygen atoms in total. The van der Waals surface area contributed by atoms with Crippen LogP contribution in [0.3, 0.4) is 0 Å². The molecule has 1 aliphatic carbocycles. The average molecular weight is 1010 g/mol. The predicted octanol–water partition coefficient (Wildman–Crippen LogP) is 11.7. The van der Waals surface area contributed by atoms with Crippen LogP contribution in [-0.4, -0.2) is 108 Å². The zero-order chi connectivity index (χ0) is 50.8. The second-order valence-corrected chi connectivity index (χ2v) is 22.1. The molecule has 0 saturated heterocycles. The monoisotopic (exact) mass is 1010 g/mol. The molecule has 0 bridgehead atoms. The largest absolute Gasteiger partial charge is 0.472 e. The van der Waals surface area contributed by atoms with Gasteiger partial charge in [0.25, 0.3) is 0 Å². The summed E-state index contributed by atoms with van der Waals surface area (Å²) in [5.41, 5.74) is 0. The Morgan fingerprint density at radius 1 is 0.493 bits per heavy atom. The summed E-state index contributed by atoms with van der Waals surface area (Å²) in [4.78, 5) is 23.6. The van der Waals surface area contributed by atoms with Gasteiger partial charge < -0.3 is 46.0 Å². The predicted molar refractivity (Wildman–Crippen MR) is 280 cm³/mol. The molecule has 14 heteroatoms. The minimum atomic E-state index is -5.12. The van der Waals surface area contributed by atoms with E-state index in [9.17, 15) is 50.0 Å². The molecule has 0 heterocycles. The fourth-order valence-corrected chi connectivity index (χ4v) is 10.4. The lowest BCUT2D eigenvalue weighted by molar-refractivity contribution is -0.220. The minimum Gasteiger partial charge on any atom is -0.393 e. The van der Waals surface area contributed by atoms with Crippen LogP contribution in [-0.2, 0) is 18.4 Å². The minimum absolute atomic E-state index is 0.224. The summed E-state index contributed by atoms with van der Waals surface area (Å²) in [6, 6.07) is -1.16. The van der Waals surface area contributed by atoms with E-state index in [1.165, 1.54) is 161 Å². The van der Waals surface area contributed by atoms with Crippen molar-refractivity contribution in [2.75, 3.05) is 6.61 Å². The number of carbonyl (C=O) groups excluding carboxylic acids is 1. The summed E-state index contributed by atoms with van der Waals surface area (Å²) in [5, 5.41) is 75.0. The highest BCUT2D eigenvalue weighted by Gasteiger charge is 2.51. The highest BCUT2D eigenvalue weighted by Crippen LogP contribution is 2.47. The van der Waals surface area contributed by atoms with E-state index in [1.807, 2.05) is 0 Å². The Balaban J connectivity index is 2.40. The van der Waals surface area contributed by atoms with Gasteiger partial charge in [-0.2, -0.15) is 0 Å². The molecule has 1 rings (SSSR count). The lowest BCUT2D eigenvalue weighted by Gasteiger charge is -2.41. The van der Waals surface area contributed by atoms with Gasteiger partial charge in [-0.05, 0) is 38.5 Å². The normalized spacial score (nSPS) is 21.9. The van der Waals surface area contributed by atoms with Crippen LogP contribution in [0.5, 0.6) is 0 Å². The smallest absolute Gasteiger partial charge is 0.393 e. The standard InChI is InChI=1S/C55H108NO12P/c1-3-5-7-9-11-13-15-17-19-21-23-24-25-27-29-31-33-35-37-39-41-43-48(58)47(45-67-69(65,66)68-55-53(63)51(61)50(60)52(62)54(55)64)56-49(59)44-46(57)42-40-38-36-34-32-30-28-26-22-20-18-16-14-12-10-8-6-4-2/h26,28,46-48,50-55,57-58,60-64H,3-25,27,29-45H2,1-2H3,(H,56,59)(H,65,66)/b28-26-. The summed E-state index contributed by atoms with van der Waals surface area (Å²) in [6.07, 6.45) is 36.8. The summed E-state index contributed by atoms with van der Waals surface area (Å²) in [6.45, 7) is 3.84. The van der Waals surface area contributed by atoms with Gasteiger partial charge in [0.2, 0.25) is 5.91 Å². The number of hydrogen-bond acceptors (Lipinski definition) is 11. The van der Waals surface area contributed by atoms with Crippen molar-refractivity contribution in [3.8, 4) is 0 Å². The van der Waals surface area contributed by atoms with E-state index >= 15 is 0 Å². The van der Waals surface area contributed by atoms with Gasteiger partial charge in [-0.15, -0.1) is 0 Å². The van der Waals surface area contributed by atoms with Gasteiger partial charge >= 0.3 is 7.82 Å². The van der Waals surface area contributed by atoms with Crippen molar-refractivity contribution in [3.05, 3.63) is 12.2 Å². The Morgan fingerprint density at radius 3 is 1.19 bits per heavy atom. The van der Waals surface area contributed by atoms with E-state index < -0.39 is 75.2 Å². The molecule has 8 atom stereocenters. The first-order valence-corrected chi connectivity index (χ1v) is 30.2. The van der Waals surface area contributed by atoms with Crippen molar-refractivity contribution < 1.29 is 59.0 Å². The average Bonchev–Trinajstić information content (AvgIpc) is 3.32. The summed E-state index contributed by atoms with van der Waals surface area (Å²) in [7, 11) is -5.12. The third-order valence-corrected chi connectivity index (χ3v) is 15.1. The van der Waals surface area contributed by atoms with E-state index in [0.717, 1.165) is 70.6 Å². The number of amides is 1. The van der Waals surface area contributed by atoms with Crippen LogP contribution in [0.4, 0.5) is 0 Å². The van der Waals surface area contributed by atoms with E-state index in [2.05, 4.69) is 31.3 Å². The van der Waals surface area contributed by atoms with Crippen molar-refractivity contribution in [3.63, 3.8) is 0 Å². The van der Waals surface area contributed by atoms with Crippen molar-refractivity contribution in [2.45, 2.75) is 326 Å². The Kier molecular flexibility index (Phi) is 42.6. The van der Waals surface area contributed by atoms with Gasteiger partial charge in [0, 0.05) is 0 Å². The first kappa shape index (κ1) is 66.1. The molecular weight excluding hydrogens is 898 g/mol. The maximum absolute atomic E-state index is 13.1.